The lowest BCUT2D eigenvalue weighted by Gasteiger charge is -2.18. The highest BCUT2D eigenvalue weighted by molar-refractivity contribution is 9.10. The normalized spacial score (nSPS) is 22.7. The van der Waals surface area contributed by atoms with Crippen molar-refractivity contribution >= 4 is 33.3 Å². The number of carbonyl (C=O) groups is 1. The average molecular weight is 347 g/mol. The molecule has 3 nitrogen and oxygen atoms in total. The summed E-state index contributed by atoms with van der Waals surface area (Å²) in [5.74, 6) is -0.119. The van der Waals surface area contributed by atoms with E-state index in [1.807, 2.05) is 12.1 Å². The van der Waals surface area contributed by atoms with Gasteiger partial charge in [0.05, 0.1) is 29.7 Å². The van der Waals surface area contributed by atoms with Crippen LogP contribution in [0.3, 0.4) is 0 Å². The van der Waals surface area contributed by atoms with E-state index in [4.69, 9.17) is 16.3 Å². The van der Waals surface area contributed by atoms with Crippen molar-refractivity contribution < 1.29 is 9.53 Å². The van der Waals surface area contributed by atoms with E-state index in [0.29, 0.717) is 23.8 Å². The Morgan fingerprint density at radius 3 is 3.00 bits per heavy atom. The number of rotatable bonds is 5. The number of carbonyl (C=O) groups excluding carboxylic acids is 1. The Kier molecular flexibility index (Phi) is 5.39. The van der Waals surface area contributed by atoms with Crippen molar-refractivity contribution in [1.82, 2.24) is 5.32 Å². The van der Waals surface area contributed by atoms with Crippen LogP contribution in [-0.2, 0) is 4.74 Å². The van der Waals surface area contributed by atoms with Crippen LogP contribution in [0.1, 0.15) is 23.7 Å². The molecule has 0 aromatic heterocycles. The number of ketones is 1. The van der Waals surface area contributed by atoms with Gasteiger partial charge in [0.25, 0.3) is 0 Å². The van der Waals surface area contributed by atoms with Crippen LogP contribution >= 0.6 is 27.5 Å². The smallest absolute Gasteiger partial charge is 0.172 e. The quantitative estimate of drug-likeness (QED) is 0.831. The third kappa shape index (κ3) is 3.37. The largest absolute Gasteiger partial charge is 0.379 e. The average Bonchev–Trinajstić information content (AvgIpc) is 2.84. The van der Waals surface area contributed by atoms with Crippen LogP contribution in [0.5, 0.6) is 0 Å². The summed E-state index contributed by atoms with van der Waals surface area (Å²) in [5, 5.41) is 3.85. The Hall–Kier alpha value is -0.420. The van der Waals surface area contributed by atoms with Crippen molar-refractivity contribution in [2.24, 2.45) is 5.92 Å². The first-order valence-electron chi connectivity index (χ1n) is 6.44. The summed E-state index contributed by atoms with van der Waals surface area (Å²) in [6.07, 6.45) is 1.03. The third-order valence-electron chi connectivity index (χ3n) is 3.28. The molecule has 0 saturated carbocycles. The number of Topliss-reactive ketones (excluding diaryl/α,β-unsaturated/α-hetero) is 1. The van der Waals surface area contributed by atoms with E-state index < -0.39 is 0 Å². The maximum absolute atomic E-state index is 12.6. The summed E-state index contributed by atoms with van der Waals surface area (Å²) >= 11 is 9.54. The van der Waals surface area contributed by atoms with Gasteiger partial charge in [0, 0.05) is 10.5 Å². The highest BCUT2D eigenvalue weighted by Crippen LogP contribution is 2.29. The summed E-state index contributed by atoms with van der Waals surface area (Å²) in [7, 11) is 0. The zero-order chi connectivity index (χ0) is 13.8. The lowest BCUT2D eigenvalue weighted by Crippen LogP contribution is -2.39. The molecule has 1 N–H and O–H groups in total. The summed E-state index contributed by atoms with van der Waals surface area (Å²) in [6, 6.07) is 5.48. The molecule has 2 rings (SSSR count). The van der Waals surface area contributed by atoms with Gasteiger partial charge in [-0.05, 0) is 41.0 Å². The number of nitrogens with one attached hydrogen (secondary N) is 1. The van der Waals surface area contributed by atoms with Crippen LogP contribution in [0.2, 0.25) is 5.02 Å². The Morgan fingerprint density at radius 2 is 2.32 bits per heavy atom. The predicted octanol–water partition coefficient (Wildman–Crippen LogP) is 3.30. The van der Waals surface area contributed by atoms with E-state index in [-0.39, 0.29) is 17.7 Å². The molecule has 1 fully saturated rings. The van der Waals surface area contributed by atoms with Gasteiger partial charge in [-0.1, -0.05) is 24.6 Å². The first-order valence-corrected chi connectivity index (χ1v) is 7.61. The topological polar surface area (TPSA) is 38.3 Å². The van der Waals surface area contributed by atoms with Crippen LogP contribution in [0.15, 0.2) is 22.7 Å². The van der Waals surface area contributed by atoms with E-state index in [9.17, 15) is 4.79 Å². The van der Waals surface area contributed by atoms with Gasteiger partial charge < -0.3 is 10.1 Å². The standard InChI is InChI=1S/C14H17BrClNO2/c1-2-6-17-12-8-19-7-9(12)14(18)13-10(15)4-3-5-11(13)16/h3-5,9,12,17H,2,6-8H2,1H3. The molecule has 1 saturated heterocycles. The van der Waals surface area contributed by atoms with Crippen molar-refractivity contribution in [3.8, 4) is 0 Å². The van der Waals surface area contributed by atoms with E-state index >= 15 is 0 Å². The van der Waals surface area contributed by atoms with Gasteiger partial charge in [-0.25, -0.2) is 0 Å². The molecular formula is C14H17BrClNO2. The second kappa shape index (κ2) is 6.84. The van der Waals surface area contributed by atoms with Crippen LogP contribution in [0.25, 0.3) is 0 Å². The summed E-state index contributed by atoms with van der Waals surface area (Å²) in [6.45, 7) is 4.03. The maximum Gasteiger partial charge on any atom is 0.172 e. The molecule has 1 aliphatic heterocycles. The van der Waals surface area contributed by atoms with Gasteiger partial charge in [0.2, 0.25) is 0 Å². The number of benzene rings is 1. The molecule has 1 heterocycles. The van der Waals surface area contributed by atoms with Crippen molar-refractivity contribution in [2.45, 2.75) is 19.4 Å². The fourth-order valence-corrected chi connectivity index (χ4v) is 3.21. The second-order valence-corrected chi connectivity index (χ2v) is 5.93. The molecule has 0 aliphatic carbocycles. The van der Waals surface area contributed by atoms with Crippen molar-refractivity contribution in [3.05, 3.63) is 33.3 Å². The highest BCUT2D eigenvalue weighted by atomic mass is 79.9. The fourth-order valence-electron chi connectivity index (χ4n) is 2.26. The molecule has 1 aliphatic rings. The molecule has 2 unspecified atom stereocenters. The number of hydrogen-bond donors (Lipinski definition) is 1. The zero-order valence-electron chi connectivity index (χ0n) is 10.8. The van der Waals surface area contributed by atoms with E-state index in [1.165, 1.54) is 0 Å². The Labute approximate surface area is 126 Å². The lowest BCUT2D eigenvalue weighted by molar-refractivity contribution is 0.0891. The summed E-state index contributed by atoms with van der Waals surface area (Å²) < 4.78 is 6.19. The van der Waals surface area contributed by atoms with E-state index in [1.54, 1.807) is 6.07 Å². The van der Waals surface area contributed by atoms with E-state index in [2.05, 4.69) is 28.2 Å². The maximum atomic E-state index is 12.6. The van der Waals surface area contributed by atoms with Crippen LogP contribution in [-0.4, -0.2) is 31.6 Å². The minimum Gasteiger partial charge on any atom is -0.379 e. The van der Waals surface area contributed by atoms with Crippen LogP contribution in [0.4, 0.5) is 0 Å². The minimum atomic E-state index is -0.164. The molecule has 2 atom stereocenters. The number of ether oxygens (including phenoxy) is 1. The van der Waals surface area contributed by atoms with Gasteiger partial charge in [0.15, 0.2) is 5.78 Å². The van der Waals surface area contributed by atoms with E-state index in [0.717, 1.165) is 17.4 Å². The first kappa shape index (κ1) is 15.0. The predicted molar refractivity (Wildman–Crippen MR) is 79.9 cm³/mol. The van der Waals surface area contributed by atoms with Crippen molar-refractivity contribution in [2.75, 3.05) is 19.8 Å². The van der Waals surface area contributed by atoms with Gasteiger partial charge >= 0.3 is 0 Å². The molecule has 0 amide bonds. The summed E-state index contributed by atoms with van der Waals surface area (Å²) in [5.41, 5.74) is 0.558. The molecule has 0 radical (unpaired) electrons. The Balaban J connectivity index is 2.18. The van der Waals surface area contributed by atoms with Gasteiger partial charge in [-0.3, -0.25) is 4.79 Å². The minimum absolute atomic E-state index is 0.0450. The molecule has 5 heteroatoms. The highest BCUT2D eigenvalue weighted by Gasteiger charge is 2.35. The SMILES string of the molecule is CCCNC1COCC1C(=O)c1c(Cl)cccc1Br. The van der Waals surface area contributed by atoms with Crippen LogP contribution < -0.4 is 5.32 Å². The monoisotopic (exact) mass is 345 g/mol. The lowest BCUT2D eigenvalue weighted by atomic mass is 9.93. The third-order valence-corrected chi connectivity index (χ3v) is 4.26. The number of hydrogen-bond acceptors (Lipinski definition) is 3. The first-order chi connectivity index (χ1) is 9.15. The number of halogens is 2. The fraction of sp³-hybridized carbons (Fsp3) is 0.500. The molecule has 0 spiro atoms. The van der Waals surface area contributed by atoms with Gasteiger partial charge in [0.1, 0.15) is 0 Å². The Bertz CT molecular complexity index is 447. The van der Waals surface area contributed by atoms with Crippen molar-refractivity contribution in [1.29, 1.82) is 0 Å². The molecular weight excluding hydrogens is 330 g/mol. The van der Waals surface area contributed by atoms with Crippen LogP contribution in [0, 0.1) is 5.92 Å². The van der Waals surface area contributed by atoms with Gasteiger partial charge in [-0.2, -0.15) is 0 Å². The molecule has 1 aromatic carbocycles. The zero-order valence-corrected chi connectivity index (χ0v) is 13.1. The molecule has 19 heavy (non-hydrogen) atoms. The van der Waals surface area contributed by atoms with Gasteiger partial charge in [-0.15, -0.1) is 0 Å². The summed E-state index contributed by atoms with van der Waals surface area (Å²) in [4.78, 5) is 12.6. The molecule has 104 valence electrons. The molecule has 1 aromatic rings. The Morgan fingerprint density at radius 1 is 1.53 bits per heavy atom. The van der Waals surface area contributed by atoms with Crippen molar-refractivity contribution in [3.63, 3.8) is 0 Å². The second-order valence-electron chi connectivity index (χ2n) is 4.67. The molecule has 0 bridgehead atoms.